The monoisotopic (exact) mass is 327 g/mol. The molecule has 0 bridgehead atoms. The van der Waals surface area contributed by atoms with Crippen LogP contribution in [0.4, 0.5) is 0 Å². The molecule has 0 spiro atoms. The molecular formula is C17H19N4O3. The van der Waals surface area contributed by atoms with E-state index in [-0.39, 0.29) is 5.82 Å². The first kappa shape index (κ1) is 16.2. The van der Waals surface area contributed by atoms with Crippen molar-refractivity contribution in [2.24, 2.45) is 5.73 Å². The number of ether oxygens (including phenoxy) is 2. The van der Waals surface area contributed by atoms with Crippen molar-refractivity contribution in [3.63, 3.8) is 0 Å². The van der Waals surface area contributed by atoms with E-state index in [9.17, 15) is 4.79 Å². The quantitative estimate of drug-likeness (QED) is 0.879. The molecule has 2 heterocycles. The molecule has 0 saturated carbocycles. The van der Waals surface area contributed by atoms with Crippen LogP contribution in [0.15, 0.2) is 18.2 Å². The fourth-order valence-corrected chi connectivity index (χ4v) is 2.86. The van der Waals surface area contributed by atoms with Gasteiger partial charge in [0.25, 0.3) is 5.91 Å². The predicted octanol–water partition coefficient (Wildman–Crippen LogP) is 0.951. The summed E-state index contributed by atoms with van der Waals surface area (Å²) in [6.07, 6.45) is 3.66. The normalized spacial score (nSPS) is 14.1. The van der Waals surface area contributed by atoms with E-state index in [1.165, 1.54) is 0 Å². The fraction of sp³-hybridized carbons (Fsp3) is 0.353. The number of carbonyl (C=O) groups excluding carboxylic acids is 1. The lowest BCUT2D eigenvalue weighted by atomic mass is 10.1. The van der Waals surface area contributed by atoms with Gasteiger partial charge in [0.1, 0.15) is 0 Å². The lowest BCUT2D eigenvalue weighted by Gasteiger charge is -2.28. The van der Waals surface area contributed by atoms with Crippen LogP contribution in [-0.2, 0) is 19.5 Å². The van der Waals surface area contributed by atoms with Crippen LogP contribution >= 0.6 is 0 Å². The van der Waals surface area contributed by atoms with Crippen molar-refractivity contribution < 1.29 is 14.3 Å². The van der Waals surface area contributed by atoms with Gasteiger partial charge in [-0.25, -0.2) is 9.97 Å². The summed E-state index contributed by atoms with van der Waals surface area (Å²) in [5.41, 5.74) is 8.02. The van der Waals surface area contributed by atoms with Crippen molar-refractivity contribution >= 4 is 5.91 Å². The predicted molar refractivity (Wildman–Crippen MR) is 86.7 cm³/mol. The van der Waals surface area contributed by atoms with Crippen molar-refractivity contribution in [3.05, 3.63) is 47.0 Å². The first-order valence-corrected chi connectivity index (χ1v) is 7.62. The first-order chi connectivity index (χ1) is 11.6. The molecule has 7 nitrogen and oxygen atoms in total. The van der Waals surface area contributed by atoms with E-state index >= 15 is 0 Å². The van der Waals surface area contributed by atoms with Gasteiger partial charge in [0.05, 0.1) is 26.1 Å². The minimum atomic E-state index is -0.638. The van der Waals surface area contributed by atoms with Gasteiger partial charge in [-0.2, -0.15) is 0 Å². The highest BCUT2D eigenvalue weighted by Gasteiger charge is 2.21. The minimum absolute atomic E-state index is 0.00885. The van der Waals surface area contributed by atoms with Crippen LogP contribution in [0.5, 0.6) is 11.5 Å². The van der Waals surface area contributed by atoms with Crippen LogP contribution in [0.1, 0.15) is 27.4 Å². The third-order valence-corrected chi connectivity index (χ3v) is 4.04. The SMILES string of the molecule is COc1cccc(CN2CCc3[c]nc(C(N)=O)nc3C2)c1OC. The maximum atomic E-state index is 11.2. The Morgan fingerprint density at radius 1 is 1.38 bits per heavy atom. The topological polar surface area (TPSA) is 90.6 Å². The third-order valence-electron chi connectivity index (χ3n) is 4.04. The molecule has 7 heteroatoms. The van der Waals surface area contributed by atoms with E-state index in [2.05, 4.69) is 21.1 Å². The smallest absolute Gasteiger partial charge is 0.286 e. The number of carbonyl (C=O) groups is 1. The molecule has 2 N–H and O–H groups in total. The Bertz CT molecular complexity index is 763. The second kappa shape index (κ2) is 6.84. The minimum Gasteiger partial charge on any atom is -0.493 e. The molecule has 2 aromatic rings. The fourth-order valence-electron chi connectivity index (χ4n) is 2.86. The lowest BCUT2D eigenvalue weighted by Crippen LogP contribution is -2.32. The van der Waals surface area contributed by atoms with Crippen molar-refractivity contribution in [1.82, 2.24) is 14.9 Å². The van der Waals surface area contributed by atoms with Crippen molar-refractivity contribution in [2.45, 2.75) is 19.5 Å². The Balaban J connectivity index is 1.81. The number of methoxy groups -OCH3 is 2. The summed E-state index contributed by atoms with van der Waals surface area (Å²) in [4.78, 5) is 21.6. The molecule has 1 aliphatic rings. The van der Waals surface area contributed by atoms with Crippen molar-refractivity contribution in [3.8, 4) is 11.5 Å². The second-order valence-corrected chi connectivity index (χ2v) is 5.56. The van der Waals surface area contributed by atoms with Crippen LogP contribution in [0.3, 0.4) is 0 Å². The Kier molecular flexibility index (Phi) is 4.61. The van der Waals surface area contributed by atoms with E-state index in [0.29, 0.717) is 18.8 Å². The van der Waals surface area contributed by atoms with Gasteiger partial charge in [0.15, 0.2) is 11.5 Å². The van der Waals surface area contributed by atoms with E-state index in [1.54, 1.807) is 14.2 Å². The summed E-state index contributed by atoms with van der Waals surface area (Å²) in [5, 5.41) is 0. The molecule has 1 aromatic heterocycles. The Labute approximate surface area is 140 Å². The van der Waals surface area contributed by atoms with Gasteiger partial charge in [0.2, 0.25) is 5.82 Å². The van der Waals surface area contributed by atoms with E-state index in [4.69, 9.17) is 15.2 Å². The van der Waals surface area contributed by atoms with Crippen molar-refractivity contribution in [1.29, 1.82) is 0 Å². The zero-order valence-corrected chi connectivity index (χ0v) is 13.7. The van der Waals surface area contributed by atoms with E-state index < -0.39 is 5.91 Å². The summed E-state index contributed by atoms with van der Waals surface area (Å²) in [5.74, 6) is 0.812. The van der Waals surface area contributed by atoms with Crippen LogP contribution < -0.4 is 15.2 Å². The number of fused-ring (bicyclic) bond motifs is 1. The Morgan fingerprint density at radius 2 is 2.21 bits per heavy atom. The van der Waals surface area contributed by atoms with Gasteiger partial charge in [-0.15, -0.1) is 0 Å². The Hall–Kier alpha value is -2.67. The number of hydrogen-bond donors (Lipinski definition) is 1. The number of rotatable bonds is 5. The number of nitrogens with two attached hydrogens (primary N) is 1. The molecule has 0 aliphatic carbocycles. The molecule has 1 aliphatic heterocycles. The average molecular weight is 327 g/mol. The summed E-state index contributed by atoms with van der Waals surface area (Å²) in [7, 11) is 3.26. The van der Waals surface area contributed by atoms with Gasteiger partial charge in [0, 0.05) is 30.8 Å². The van der Waals surface area contributed by atoms with Gasteiger partial charge in [-0.1, -0.05) is 12.1 Å². The van der Waals surface area contributed by atoms with Crippen LogP contribution in [0.2, 0.25) is 0 Å². The van der Waals surface area contributed by atoms with E-state index in [0.717, 1.165) is 35.5 Å². The van der Waals surface area contributed by atoms with Crippen molar-refractivity contribution in [2.75, 3.05) is 20.8 Å². The molecule has 0 unspecified atom stereocenters. The molecule has 125 valence electrons. The standard InChI is InChI=1S/C17H19N4O3/c1-23-14-5-3-4-12(15(14)24-2)9-21-7-6-11-8-19-17(16(18)22)20-13(11)10-21/h3-5H,6-7,9-10H2,1-2H3,(H2,18,22). The Morgan fingerprint density at radius 3 is 2.92 bits per heavy atom. The number of primary amides is 1. The number of benzene rings is 1. The summed E-state index contributed by atoms with van der Waals surface area (Å²) in [6, 6.07) is 5.82. The maximum absolute atomic E-state index is 11.2. The van der Waals surface area contributed by atoms with Gasteiger partial charge in [-0.05, 0) is 12.5 Å². The zero-order chi connectivity index (χ0) is 17.1. The summed E-state index contributed by atoms with van der Waals surface area (Å²) in [6.45, 7) is 2.15. The van der Waals surface area contributed by atoms with Gasteiger partial charge < -0.3 is 15.2 Å². The van der Waals surface area contributed by atoms with E-state index in [1.807, 2.05) is 18.2 Å². The molecule has 1 radical (unpaired) electrons. The number of nitrogens with zero attached hydrogens (tertiary/aromatic N) is 3. The number of para-hydroxylation sites is 1. The van der Waals surface area contributed by atoms with Crippen LogP contribution in [0.25, 0.3) is 0 Å². The average Bonchev–Trinajstić information content (AvgIpc) is 2.60. The maximum Gasteiger partial charge on any atom is 0.286 e. The van der Waals surface area contributed by atoms with Crippen LogP contribution in [-0.4, -0.2) is 41.5 Å². The first-order valence-electron chi connectivity index (χ1n) is 7.62. The highest BCUT2D eigenvalue weighted by atomic mass is 16.5. The second-order valence-electron chi connectivity index (χ2n) is 5.56. The molecule has 0 saturated heterocycles. The lowest BCUT2D eigenvalue weighted by molar-refractivity contribution is 0.0989. The molecule has 0 atom stereocenters. The molecule has 3 rings (SSSR count). The largest absolute Gasteiger partial charge is 0.493 e. The molecular weight excluding hydrogens is 308 g/mol. The molecule has 24 heavy (non-hydrogen) atoms. The summed E-state index contributed by atoms with van der Waals surface area (Å²) < 4.78 is 10.8. The highest BCUT2D eigenvalue weighted by Crippen LogP contribution is 2.32. The number of hydrogen-bond acceptors (Lipinski definition) is 6. The van der Waals surface area contributed by atoms with Gasteiger partial charge in [-0.3, -0.25) is 9.69 Å². The zero-order valence-electron chi connectivity index (χ0n) is 13.7. The molecule has 0 fully saturated rings. The van der Waals surface area contributed by atoms with Crippen LogP contribution in [0, 0.1) is 6.20 Å². The molecule has 1 amide bonds. The van der Waals surface area contributed by atoms with Gasteiger partial charge >= 0.3 is 0 Å². The third kappa shape index (κ3) is 3.16. The highest BCUT2D eigenvalue weighted by molar-refractivity contribution is 5.88. The number of aromatic nitrogens is 2. The molecule has 1 aromatic carbocycles. The number of amides is 1. The summed E-state index contributed by atoms with van der Waals surface area (Å²) >= 11 is 0.